The van der Waals surface area contributed by atoms with E-state index in [2.05, 4.69) is 17.4 Å². The first-order valence-corrected chi connectivity index (χ1v) is 12.0. The van der Waals surface area contributed by atoms with Crippen molar-refractivity contribution in [2.24, 2.45) is 0 Å². The van der Waals surface area contributed by atoms with Crippen molar-refractivity contribution in [2.75, 3.05) is 12.9 Å². The molecule has 0 unspecified atom stereocenters. The zero-order chi connectivity index (χ0) is 22.6. The van der Waals surface area contributed by atoms with Crippen molar-refractivity contribution < 1.29 is 14.3 Å². The van der Waals surface area contributed by atoms with Crippen molar-refractivity contribution in [2.45, 2.75) is 58.0 Å². The number of thioether (sulfide) groups is 1. The maximum Gasteiger partial charge on any atom is 0.243 e. The Balaban J connectivity index is 2.13. The van der Waals surface area contributed by atoms with Crippen LogP contribution in [0.25, 0.3) is 0 Å². The molecule has 2 aromatic carbocycles. The SMILES string of the molecule is CC[C@H](C)NC(=O)[C@H](CC)N(Cc1ccc(OC)cc1)C(=O)CSCc1ccccc1. The van der Waals surface area contributed by atoms with Gasteiger partial charge in [0.25, 0.3) is 0 Å². The minimum atomic E-state index is -0.499. The zero-order valence-electron chi connectivity index (χ0n) is 19.0. The average molecular weight is 443 g/mol. The maximum absolute atomic E-state index is 13.2. The van der Waals surface area contributed by atoms with Crippen LogP contribution in [0.1, 0.15) is 44.7 Å². The summed E-state index contributed by atoms with van der Waals surface area (Å²) in [5.74, 6) is 1.74. The van der Waals surface area contributed by atoms with E-state index in [1.54, 1.807) is 23.8 Å². The number of rotatable bonds is 12. The number of hydrogen-bond acceptors (Lipinski definition) is 4. The molecule has 0 fully saturated rings. The van der Waals surface area contributed by atoms with E-state index in [4.69, 9.17) is 4.74 Å². The van der Waals surface area contributed by atoms with Gasteiger partial charge in [-0.15, -0.1) is 11.8 Å². The molecule has 5 nitrogen and oxygen atoms in total. The number of carbonyl (C=O) groups is 2. The van der Waals surface area contributed by atoms with Crippen LogP contribution in [-0.4, -0.2) is 41.7 Å². The number of nitrogens with one attached hydrogen (secondary N) is 1. The maximum atomic E-state index is 13.2. The fourth-order valence-corrected chi connectivity index (χ4v) is 4.07. The third kappa shape index (κ3) is 7.94. The van der Waals surface area contributed by atoms with Crippen LogP contribution in [0.4, 0.5) is 0 Å². The molecular formula is C25H34N2O3S. The lowest BCUT2D eigenvalue weighted by molar-refractivity contribution is -0.139. The molecule has 2 atom stereocenters. The molecule has 0 saturated heterocycles. The Bertz CT molecular complexity index is 811. The van der Waals surface area contributed by atoms with Crippen LogP contribution in [0.3, 0.4) is 0 Å². The highest BCUT2D eigenvalue weighted by atomic mass is 32.2. The Hall–Kier alpha value is -2.47. The molecule has 2 rings (SSSR count). The second-order valence-corrected chi connectivity index (χ2v) is 8.58. The molecule has 2 amide bonds. The van der Waals surface area contributed by atoms with E-state index in [-0.39, 0.29) is 17.9 Å². The molecule has 0 aromatic heterocycles. The van der Waals surface area contributed by atoms with Crippen LogP contribution in [0, 0.1) is 0 Å². The lowest BCUT2D eigenvalue weighted by Crippen LogP contribution is -2.51. The highest BCUT2D eigenvalue weighted by Gasteiger charge is 2.29. The molecule has 0 radical (unpaired) electrons. The van der Waals surface area contributed by atoms with Crippen LogP contribution in [0.15, 0.2) is 54.6 Å². The van der Waals surface area contributed by atoms with Gasteiger partial charge in [0.15, 0.2) is 0 Å². The van der Waals surface area contributed by atoms with E-state index in [0.29, 0.717) is 18.7 Å². The summed E-state index contributed by atoms with van der Waals surface area (Å²) in [4.78, 5) is 27.9. The minimum Gasteiger partial charge on any atom is -0.497 e. The molecule has 0 aliphatic heterocycles. The Labute approximate surface area is 190 Å². The average Bonchev–Trinajstić information content (AvgIpc) is 2.79. The fraction of sp³-hybridized carbons (Fsp3) is 0.440. The summed E-state index contributed by atoms with van der Waals surface area (Å²) in [6, 6.07) is 17.3. The summed E-state index contributed by atoms with van der Waals surface area (Å²) >= 11 is 1.57. The van der Waals surface area contributed by atoms with Gasteiger partial charge in [0, 0.05) is 18.3 Å². The summed E-state index contributed by atoms with van der Waals surface area (Å²) in [5, 5.41) is 3.04. The number of carbonyl (C=O) groups excluding carboxylic acids is 2. The molecule has 0 spiro atoms. The summed E-state index contributed by atoms with van der Waals surface area (Å²) in [6.07, 6.45) is 1.41. The first-order valence-electron chi connectivity index (χ1n) is 10.8. The van der Waals surface area contributed by atoms with E-state index >= 15 is 0 Å². The first kappa shape index (κ1) is 24.8. The summed E-state index contributed by atoms with van der Waals surface area (Å²) in [6.45, 7) is 6.36. The number of methoxy groups -OCH3 is 1. The molecule has 0 saturated carbocycles. The van der Waals surface area contributed by atoms with Gasteiger partial charge in [-0.25, -0.2) is 0 Å². The highest BCUT2D eigenvalue weighted by Crippen LogP contribution is 2.19. The molecule has 2 aromatic rings. The number of amides is 2. The third-order valence-electron chi connectivity index (χ3n) is 5.24. The quantitative estimate of drug-likeness (QED) is 0.520. The van der Waals surface area contributed by atoms with E-state index in [1.807, 2.05) is 63.2 Å². The van der Waals surface area contributed by atoms with Crippen molar-refractivity contribution in [1.29, 1.82) is 0 Å². The Morgan fingerprint density at radius 3 is 2.26 bits per heavy atom. The number of benzene rings is 2. The predicted octanol–water partition coefficient (Wildman–Crippen LogP) is 4.65. The van der Waals surface area contributed by atoms with Gasteiger partial charge in [-0.3, -0.25) is 9.59 Å². The van der Waals surface area contributed by atoms with Gasteiger partial charge in [0.05, 0.1) is 12.9 Å². The molecule has 6 heteroatoms. The fourth-order valence-electron chi connectivity index (χ4n) is 3.20. The van der Waals surface area contributed by atoms with Gasteiger partial charge in [0.2, 0.25) is 11.8 Å². The van der Waals surface area contributed by atoms with Gasteiger partial charge in [-0.05, 0) is 43.0 Å². The van der Waals surface area contributed by atoms with Crippen LogP contribution in [-0.2, 0) is 21.9 Å². The Morgan fingerprint density at radius 2 is 1.68 bits per heavy atom. The van der Waals surface area contributed by atoms with Crippen molar-refractivity contribution in [1.82, 2.24) is 10.2 Å². The van der Waals surface area contributed by atoms with Crippen LogP contribution in [0.5, 0.6) is 5.75 Å². The van der Waals surface area contributed by atoms with Crippen LogP contribution < -0.4 is 10.1 Å². The molecule has 0 bridgehead atoms. The van der Waals surface area contributed by atoms with Gasteiger partial charge in [0.1, 0.15) is 11.8 Å². The topological polar surface area (TPSA) is 58.6 Å². The van der Waals surface area contributed by atoms with E-state index in [9.17, 15) is 9.59 Å². The summed E-state index contributed by atoms with van der Waals surface area (Å²) in [7, 11) is 1.63. The zero-order valence-corrected chi connectivity index (χ0v) is 19.8. The molecule has 31 heavy (non-hydrogen) atoms. The summed E-state index contributed by atoms with van der Waals surface area (Å²) < 4.78 is 5.23. The second-order valence-electron chi connectivity index (χ2n) is 7.59. The van der Waals surface area contributed by atoms with Gasteiger partial charge in [-0.1, -0.05) is 56.3 Å². The monoisotopic (exact) mass is 442 g/mol. The summed E-state index contributed by atoms with van der Waals surface area (Å²) in [5.41, 5.74) is 2.15. The van der Waals surface area contributed by atoms with E-state index < -0.39 is 6.04 Å². The normalized spacial score (nSPS) is 12.6. The lowest BCUT2D eigenvalue weighted by Gasteiger charge is -2.31. The van der Waals surface area contributed by atoms with Crippen molar-refractivity contribution in [3.8, 4) is 5.75 Å². The Kier molecular flexibility index (Phi) is 10.4. The predicted molar refractivity (Wildman–Crippen MR) is 128 cm³/mol. The largest absolute Gasteiger partial charge is 0.497 e. The second kappa shape index (κ2) is 13.1. The molecule has 1 N–H and O–H groups in total. The lowest BCUT2D eigenvalue weighted by atomic mass is 10.1. The van der Waals surface area contributed by atoms with Crippen molar-refractivity contribution in [3.63, 3.8) is 0 Å². The third-order valence-corrected chi connectivity index (χ3v) is 6.22. The standard InChI is InChI=1S/C25H34N2O3S/c1-5-19(3)26-25(29)23(6-2)27(16-20-12-14-22(30-4)15-13-20)24(28)18-31-17-21-10-8-7-9-11-21/h7-15,19,23H,5-6,16-18H2,1-4H3,(H,26,29)/t19-,23-/m0/s1. The number of nitrogens with zero attached hydrogens (tertiary/aromatic N) is 1. The first-order chi connectivity index (χ1) is 15.0. The number of ether oxygens (including phenoxy) is 1. The molecule has 0 aliphatic rings. The molecule has 168 valence electrons. The van der Waals surface area contributed by atoms with Gasteiger partial charge >= 0.3 is 0 Å². The number of hydrogen-bond donors (Lipinski definition) is 1. The van der Waals surface area contributed by atoms with Crippen LogP contribution >= 0.6 is 11.8 Å². The van der Waals surface area contributed by atoms with Gasteiger partial charge in [-0.2, -0.15) is 0 Å². The van der Waals surface area contributed by atoms with Gasteiger partial charge < -0.3 is 15.0 Å². The minimum absolute atomic E-state index is 0.0251. The molecule has 0 aliphatic carbocycles. The molecular weight excluding hydrogens is 408 g/mol. The van der Waals surface area contributed by atoms with Crippen LogP contribution in [0.2, 0.25) is 0 Å². The van der Waals surface area contributed by atoms with Crippen molar-refractivity contribution in [3.05, 3.63) is 65.7 Å². The highest BCUT2D eigenvalue weighted by molar-refractivity contribution is 7.99. The smallest absolute Gasteiger partial charge is 0.243 e. The Morgan fingerprint density at radius 1 is 1.00 bits per heavy atom. The van der Waals surface area contributed by atoms with E-state index in [0.717, 1.165) is 23.5 Å². The van der Waals surface area contributed by atoms with E-state index in [1.165, 1.54) is 5.56 Å². The van der Waals surface area contributed by atoms with Crippen molar-refractivity contribution >= 4 is 23.6 Å². The molecule has 0 heterocycles.